The van der Waals surface area contributed by atoms with Gasteiger partial charge >= 0.3 is 5.97 Å². The number of esters is 1. The van der Waals surface area contributed by atoms with E-state index in [0.29, 0.717) is 6.04 Å². The van der Waals surface area contributed by atoms with Crippen molar-refractivity contribution in [2.45, 2.75) is 56.2 Å². The summed E-state index contributed by atoms with van der Waals surface area (Å²) in [6.07, 6.45) is 1.73. The topological polar surface area (TPSA) is 63.7 Å². The fourth-order valence-corrected chi connectivity index (χ4v) is 4.86. The van der Waals surface area contributed by atoms with Crippen LogP contribution in [0.1, 0.15) is 43.6 Å². The van der Waals surface area contributed by atoms with Gasteiger partial charge in [0.25, 0.3) is 0 Å². The highest BCUT2D eigenvalue weighted by atomic mass is 19.1. The first-order chi connectivity index (χ1) is 12.5. The number of carbonyl (C=O) groups is 3. The van der Waals surface area contributed by atoms with Crippen LogP contribution in [-0.2, 0) is 19.1 Å². The van der Waals surface area contributed by atoms with Crippen LogP contribution in [0.3, 0.4) is 0 Å². The average Bonchev–Trinajstić information content (AvgIpc) is 3.04. The molecule has 4 atom stereocenters. The number of halogens is 1. The number of Topliss-reactive ketones (excluding diaryl/α,β-unsaturated/α-hetero) is 2. The zero-order valence-electron chi connectivity index (χ0n) is 14.7. The molecule has 0 amide bonds. The Labute approximate surface area is 151 Å². The number of carbonyl (C=O) groups excluding carboxylic acids is 3. The minimum Gasteiger partial charge on any atom is -0.446 e. The van der Waals surface area contributed by atoms with E-state index in [0.717, 1.165) is 24.8 Å². The lowest BCUT2D eigenvalue weighted by atomic mass is 9.76. The van der Waals surface area contributed by atoms with Crippen LogP contribution >= 0.6 is 0 Å². The smallest absolute Gasteiger partial charge is 0.312 e. The quantitative estimate of drug-likeness (QED) is 0.612. The molecule has 0 aromatic heterocycles. The van der Waals surface area contributed by atoms with Gasteiger partial charge in [0, 0.05) is 30.8 Å². The van der Waals surface area contributed by atoms with E-state index in [1.807, 2.05) is 7.05 Å². The molecule has 2 bridgehead atoms. The zero-order chi connectivity index (χ0) is 18.4. The number of ketones is 2. The van der Waals surface area contributed by atoms with Gasteiger partial charge in [-0.3, -0.25) is 19.3 Å². The van der Waals surface area contributed by atoms with E-state index in [1.165, 1.54) is 12.1 Å². The lowest BCUT2D eigenvalue weighted by Gasteiger charge is -2.42. The number of rotatable bonds is 3. The van der Waals surface area contributed by atoms with Crippen molar-refractivity contribution in [3.63, 3.8) is 0 Å². The summed E-state index contributed by atoms with van der Waals surface area (Å²) in [6, 6.07) is 6.65. The first kappa shape index (κ1) is 17.3. The minimum absolute atomic E-state index is 0.0166. The molecule has 2 heterocycles. The molecule has 6 heteroatoms. The summed E-state index contributed by atoms with van der Waals surface area (Å²) < 4.78 is 18.7. The molecular weight excluding hydrogens is 337 g/mol. The number of hydrogen-bond acceptors (Lipinski definition) is 5. The molecule has 1 aromatic rings. The van der Waals surface area contributed by atoms with Crippen LogP contribution in [-0.4, -0.2) is 47.7 Å². The van der Waals surface area contributed by atoms with Crippen LogP contribution in [0.25, 0.3) is 0 Å². The summed E-state index contributed by atoms with van der Waals surface area (Å²) in [5.74, 6) is -1.96. The predicted molar refractivity (Wildman–Crippen MR) is 90.9 cm³/mol. The van der Waals surface area contributed by atoms with Crippen molar-refractivity contribution in [1.82, 2.24) is 4.90 Å². The van der Waals surface area contributed by atoms with E-state index in [1.54, 1.807) is 12.1 Å². The molecule has 3 aliphatic rings. The van der Waals surface area contributed by atoms with E-state index < -0.39 is 18.0 Å². The molecule has 1 aromatic carbocycles. The van der Waals surface area contributed by atoms with Crippen LogP contribution in [0.2, 0.25) is 0 Å². The normalized spacial score (nSPS) is 32.2. The Kier molecular flexibility index (Phi) is 4.39. The maximum atomic E-state index is 13.3. The van der Waals surface area contributed by atoms with Crippen LogP contribution in [0, 0.1) is 11.7 Å². The zero-order valence-corrected chi connectivity index (χ0v) is 14.7. The largest absolute Gasteiger partial charge is 0.446 e. The van der Waals surface area contributed by atoms with E-state index in [-0.39, 0.29) is 42.2 Å². The molecule has 0 spiro atoms. The lowest BCUT2D eigenvalue weighted by Crippen LogP contribution is -2.50. The Balaban J connectivity index is 1.62. The summed E-state index contributed by atoms with van der Waals surface area (Å²) in [5, 5.41) is 0. The summed E-state index contributed by atoms with van der Waals surface area (Å²) in [6.45, 7) is 0. The van der Waals surface area contributed by atoms with Gasteiger partial charge in [-0.1, -0.05) is 12.1 Å². The molecule has 138 valence electrons. The lowest BCUT2D eigenvalue weighted by molar-refractivity contribution is -0.164. The molecule has 26 heavy (non-hydrogen) atoms. The van der Waals surface area contributed by atoms with Crippen molar-refractivity contribution in [2.24, 2.45) is 5.92 Å². The molecule has 1 saturated carbocycles. The van der Waals surface area contributed by atoms with Gasteiger partial charge in [0.15, 0.2) is 11.6 Å². The van der Waals surface area contributed by atoms with Gasteiger partial charge in [-0.25, -0.2) is 4.39 Å². The van der Waals surface area contributed by atoms with Gasteiger partial charge in [-0.05, 0) is 44.0 Å². The number of nitrogens with zero attached hydrogens (tertiary/aromatic N) is 1. The van der Waals surface area contributed by atoms with Crippen molar-refractivity contribution < 1.29 is 23.5 Å². The van der Waals surface area contributed by atoms with E-state index >= 15 is 0 Å². The first-order valence-corrected chi connectivity index (χ1v) is 9.19. The molecule has 0 radical (unpaired) electrons. The second kappa shape index (κ2) is 6.58. The molecular formula is C20H22FNO4. The SMILES string of the molecule is CN1C2CCC1C(C(=O)OC1C(=O)CCC1=O)C(c1ccc(F)cc1)C2. The Bertz CT molecular complexity index is 731. The molecule has 0 N–H and O–H groups in total. The minimum atomic E-state index is -1.24. The van der Waals surface area contributed by atoms with Crippen LogP contribution in [0.4, 0.5) is 4.39 Å². The average molecular weight is 359 g/mol. The number of hydrogen-bond donors (Lipinski definition) is 0. The second-order valence-corrected chi connectivity index (χ2v) is 7.63. The molecule has 2 aliphatic heterocycles. The summed E-state index contributed by atoms with van der Waals surface area (Å²) in [7, 11) is 2.01. The van der Waals surface area contributed by atoms with Gasteiger partial charge in [-0.2, -0.15) is 0 Å². The standard InChI is InChI=1S/C20H22FNO4/c1-22-13-6-7-15(22)18(14(10-13)11-2-4-12(21)5-3-11)20(25)26-19-16(23)8-9-17(19)24/h2-5,13-15,18-19H,6-10H2,1H3. The van der Waals surface area contributed by atoms with E-state index in [2.05, 4.69) is 4.90 Å². The fourth-order valence-electron chi connectivity index (χ4n) is 4.86. The van der Waals surface area contributed by atoms with Crippen molar-refractivity contribution in [1.29, 1.82) is 0 Å². The Morgan fingerprint density at radius 1 is 1.12 bits per heavy atom. The van der Waals surface area contributed by atoms with Gasteiger partial charge < -0.3 is 4.74 Å². The molecule has 4 unspecified atom stereocenters. The van der Waals surface area contributed by atoms with Gasteiger partial charge in [0.2, 0.25) is 6.10 Å². The Morgan fingerprint density at radius 2 is 1.77 bits per heavy atom. The third kappa shape index (κ3) is 2.86. The molecule has 5 nitrogen and oxygen atoms in total. The van der Waals surface area contributed by atoms with Crippen molar-refractivity contribution >= 4 is 17.5 Å². The maximum absolute atomic E-state index is 13.3. The van der Waals surface area contributed by atoms with Crippen LogP contribution < -0.4 is 0 Å². The van der Waals surface area contributed by atoms with Gasteiger partial charge in [0.05, 0.1) is 5.92 Å². The van der Waals surface area contributed by atoms with Gasteiger partial charge in [-0.15, -0.1) is 0 Å². The summed E-state index contributed by atoms with van der Waals surface area (Å²) >= 11 is 0. The highest BCUT2D eigenvalue weighted by Gasteiger charge is 2.51. The maximum Gasteiger partial charge on any atom is 0.312 e. The van der Waals surface area contributed by atoms with Crippen LogP contribution in [0.5, 0.6) is 0 Å². The molecule has 3 fully saturated rings. The van der Waals surface area contributed by atoms with E-state index in [4.69, 9.17) is 4.74 Å². The van der Waals surface area contributed by atoms with Crippen molar-refractivity contribution in [3.8, 4) is 0 Å². The fraction of sp³-hybridized carbons (Fsp3) is 0.550. The summed E-state index contributed by atoms with van der Waals surface area (Å²) in [4.78, 5) is 38.9. The summed E-state index contributed by atoms with van der Waals surface area (Å²) in [5.41, 5.74) is 0.905. The third-order valence-corrected chi connectivity index (χ3v) is 6.28. The Hall–Kier alpha value is -2.08. The Morgan fingerprint density at radius 3 is 2.42 bits per heavy atom. The van der Waals surface area contributed by atoms with Crippen LogP contribution in [0.15, 0.2) is 24.3 Å². The van der Waals surface area contributed by atoms with E-state index in [9.17, 15) is 18.8 Å². The van der Waals surface area contributed by atoms with Crippen molar-refractivity contribution in [3.05, 3.63) is 35.6 Å². The van der Waals surface area contributed by atoms with Crippen molar-refractivity contribution in [2.75, 3.05) is 7.05 Å². The highest BCUT2D eigenvalue weighted by Crippen LogP contribution is 2.46. The molecule has 1 aliphatic carbocycles. The predicted octanol–water partition coefficient (Wildman–Crippen LogP) is 2.24. The first-order valence-electron chi connectivity index (χ1n) is 9.19. The second-order valence-electron chi connectivity index (χ2n) is 7.63. The molecule has 4 rings (SSSR count). The number of ether oxygens (including phenoxy) is 1. The number of benzene rings is 1. The third-order valence-electron chi connectivity index (χ3n) is 6.28. The van der Waals surface area contributed by atoms with Gasteiger partial charge in [0.1, 0.15) is 5.82 Å². The number of fused-ring (bicyclic) bond motifs is 2. The highest BCUT2D eigenvalue weighted by molar-refractivity contribution is 6.12. The monoisotopic (exact) mass is 359 g/mol. The number of piperidine rings is 1. The molecule has 2 saturated heterocycles.